The first kappa shape index (κ1) is 18.8. The van der Waals surface area contributed by atoms with Crippen molar-refractivity contribution in [2.75, 3.05) is 31.5 Å². The van der Waals surface area contributed by atoms with Crippen LogP contribution in [0.4, 0.5) is 10.5 Å². The summed E-state index contributed by atoms with van der Waals surface area (Å²) < 4.78 is 0. The van der Waals surface area contributed by atoms with Gasteiger partial charge < -0.3 is 20.9 Å². The third-order valence-electron chi connectivity index (χ3n) is 4.10. The Bertz CT molecular complexity index is 591. The molecule has 0 saturated carbocycles. The van der Waals surface area contributed by atoms with Crippen molar-refractivity contribution in [3.63, 3.8) is 0 Å². The Balaban J connectivity index is 1.80. The molecular formula is C18H26N4O3. The van der Waals surface area contributed by atoms with Gasteiger partial charge in [0.2, 0.25) is 11.8 Å². The van der Waals surface area contributed by atoms with E-state index in [1.54, 1.807) is 4.90 Å². The lowest BCUT2D eigenvalue weighted by molar-refractivity contribution is -0.129. The first-order chi connectivity index (χ1) is 12.1. The summed E-state index contributed by atoms with van der Waals surface area (Å²) in [5, 5.41) is 8.21. The van der Waals surface area contributed by atoms with Crippen LogP contribution in [0.5, 0.6) is 0 Å². The molecule has 1 aliphatic heterocycles. The fraction of sp³-hybridized carbons (Fsp3) is 0.500. The maximum atomic E-state index is 12.3. The average Bonchev–Trinajstić information content (AvgIpc) is 2.65. The van der Waals surface area contributed by atoms with E-state index >= 15 is 0 Å². The number of hydrogen-bond donors (Lipinski definition) is 3. The smallest absolute Gasteiger partial charge is 0.321 e. The highest BCUT2D eigenvalue weighted by Gasteiger charge is 2.28. The van der Waals surface area contributed by atoms with Crippen LogP contribution in [0.3, 0.4) is 0 Å². The normalized spacial score (nSPS) is 16.8. The molecule has 1 aromatic carbocycles. The molecule has 1 saturated heterocycles. The second-order valence-electron chi connectivity index (χ2n) is 6.15. The molecule has 1 heterocycles. The molecule has 0 aliphatic carbocycles. The number of hydrogen-bond acceptors (Lipinski definition) is 3. The van der Waals surface area contributed by atoms with Gasteiger partial charge in [-0.05, 0) is 31.4 Å². The number of nitrogens with zero attached hydrogens (tertiary/aromatic N) is 1. The van der Waals surface area contributed by atoms with E-state index in [1.165, 1.54) is 0 Å². The maximum Gasteiger partial charge on any atom is 0.321 e. The number of rotatable bonds is 6. The third kappa shape index (κ3) is 6.10. The Morgan fingerprint density at radius 2 is 1.92 bits per heavy atom. The van der Waals surface area contributed by atoms with E-state index < -0.39 is 0 Å². The van der Waals surface area contributed by atoms with Crippen LogP contribution < -0.4 is 16.0 Å². The van der Waals surface area contributed by atoms with Gasteiger partial charge in [0, 0.05) is 25.3 Å². The van der Waals surface area contributed by atoms with E-state index in [0.29, 0.717) is 19.6 Å². The molecule has 25 heavy (non-hydrogen) atoms. The van der Waals surface area contributed by atoms with E-state index in [1.807, 2.05) is 37.3 Å². The van der Waals surface area contributed by atoms with Crippen molar-refractivity contribution in [1.29, 1.82) is 0 Å². The Labute approximate surface area is 148 Å². The summed E-state index contributed by atoms with van der Waals surface area (Å²) >= 11 is 0. The van der Waals surface area contributed by atoms with Crippen LogP contribution >= 0.6 is 0 Å². The van der Waals surface area contributed by atoms with E-state index in [0.717, 1.165) is 24.9 Å². The van der Waals surface area contributed by atoms with Gasteiger partial charge in [0.1, 0.15) is 0 Å². The van der Waals surface area contributed by atoms with Crippen LogP contribution in [0.25, 0.3) is 0 Å². The summed E-state index contributed by atoms with van der Waals surface area (Å²) in [5.41, 5.74) is 0.728. The zero-order valence-corrected chi connectivity index (χ0v) is 14.6. The number of para-hydroxylation sites is 1. The molecule has 1 aromatic rings. The van der Waals surface area contributed by atoms with Crippen LogP contribution in [0.15, 0.2) is 30.3 Å². The zero-order chi connectivity index (χ0) is 18.1. The van der Waals surface area contributed by atoms with Crippen molar-refractivity contribution in [1.82, 2.24) is 15.5 Å². The van der Waals surface area contributed by atoms with Crippen molar-refractivity contribution < 1.29 is 14.4 Å². The number of likely N-dealkylation sites (tertiary alicyclic amines) is 1. The van der Waals surface area contributed by atoms with Crippen LogP contribution in [0.1, 0.15) is 26.2 Å². The largest absolute Gasteiger partial charge is 0.355 e. The Kier molecular flexibility index (Phi) is 7.25. The molecule has 0 bridgehead atoms. The lowest BCUT2D eigenvalue weighted by Gasteiger charge is -2.32. The lowest BCUT2D eigenvalue weighted by atomic mass is 9.97. The predicted molar refractivity (Wildman–Crippen MR) is 96.1 cm³/mol. The molecule has 0 radical (unpaired) electrons. The second-order valence-corrected chi connectivity index (χ2v) is 6.15. The summed E-state index contributed by atoms with van der Waals surface area (Å²) in [4.78, 5) is 37.8. The molecule has 7 heteroatoms. The Hall–Kier alpha value is -2.57. The summed E-state index contributed by atoms with van der Waals surface area (Å²) in [6.45, 7) is 3.54. The Morgan fingerprint density at radius 1 is 1.16 bits per heavy atom. The van der Waals surface area contributed by atoms with Crippen LogP contribution in [0.2, 0.25) is 0 Å². The molecule has 4 amide bonds. The first-order valence-corrected chi connectivity index (χ1v) is 8.75. The van der Waals surface area contributed by atoms with E-state index in [4.69, 9.17) is 0 Å². The van der Waals surface area contributed by atoms with E-state index in [9.17, 15) is 14.4 Å². The van der Waals surface area contributed by atoms with Gasteiger partial charge in [-0.2, -0.15) is 0 Å². The number of nitrogens with one attached hydrogen (secondary N) is 3. The summed E-state index contributed by atoms with van der Waals surface area (Å²) in [6, 6.07) is 9.02. The number of piperidine rings is 1. The molecular weight excluding hydrogens is 320 g/mol. The number of carbonyl (C=O) groups is 3. The topological polar surface area (TPSA) is 90.5 Å². The predicted octanol–water partition coefficient (Wildman–Crippen LogP) is 1.57. The molecule has 2 rings (SSSR count). The number of urea groups is 1. The molecule has 0 aromatic heterocycles. The van der Waals surface area contributed by atoms with Gasteiger partial charge in [0.05, 0.1) is 12.5 Å². The SMILES string of the molecule is CCCNC(=O)CNC(=O)[C@H]1CCCN(C(=O)Nc2ccccc2)C1. The molecule has 1 fully saturated rings. The highest BCUT2D eigenvalue weighted by Crippen LogP contribution is 2.18. The monoisotopic (exact) mass is 346 g/mol. The van der Waals surface area contributed by atoms with Gasteiger partial charge >= 0.3 is 6.03 Å². The van der Waals surface area contributed by atoms with E-state index in [2.05, 4.69) is 16.0 Å². The van der Waals surface area contributed by atoms with Gasteiger partial charge in [-0.15, -0.1) is 0 Å². The van der Waals surface area contributed by atoms with Crippen LogP contribution in [-0.4, -0.2) is 48.9 Å². The lowest BCUT2D eigenvalue weighted by Crippen LogP contribution is -2.48. The van der Waals surface area contributed by atoms with Gasteiger partial charge in [0.15, 0.2) is 0 Å². The van der Waals surface area contributed by atoms with Crippen LogP contribution in [-0.2, 0) is 9.59 Å². The molecule has 0 spiro atoms. The number of benzene rings is 1. The van der Waals surface area contributed by atoms with Crippen LogP contribution in [0, 0.1) is 5.92 Å². The van der Waals surface area contributed by atoms with Crippen molar-refractivity contribution in [2.24, 2.45) is 5.92 Å². The number of anilines is 1. The number of carbonyl (C=O) groups excluding carboxylic acids is 3. The minimum absolute atomic E-state index is 0.0223. The molecule has 136 valence electrons. The fourth-order valence-corrected chi connectivity index (χ4v) is 2.74. The van der Waals surface area contributed by atoms with E-state index in [-0.39, 0.29) is 30.3 Å². The summed E-state index contributed by atoms with van der Waals surface area (Å²) in [7, 11) is 0. The quantitative estimate of drug-likeness (QED) is 0.730. The summed E-state index contributed by atoms with van der Waals surface area (Å²) in [6.07, 6.45) is 2.34. The Morgan fingerprint density at radius 3 is 2.64 bits per heavy atom. The zero-order valence-electron chi connectivity index (χ0n) is 14.6. The maximum absolute atomic E-state index is 12.3. The standard InChI is InChI=1S/C18H26N4O3/c1-2-10-19-16(23)12-20-17(24)14-7-6-11-22(13-14)18(25)21-15-8-4-3-5-9-15/h3-5,8-9,14H,2,6-7,10-13H2,1H3,(H,19,23)(H,20,24)(H,21,25)/t14-/m0/s1. The molecule has 0 unspecified atom stereocenters. The fourth-order valence-electron chi connectivity index (χ4n) is 2.74. The highest BCUT2D eigenvalue weighted by atomic mass is 16.2. The minimum Gasteiger partial charge on any atom is -0.355 e. The third-order valence-corrected chi connectivity index (χ3v) is 4.10. The molecule has 7 nitrogen and oxygen atoms in total. The molecule has 1 aliphatic rings. The minimum atomic E-state index is -0.283. The van der Waals surface area contributed by atoms with Crippen molar-refractivity contribution in [3.05, 3.63) is 30.3 Å². The average molecular weight is 346 g/mol. The first-order valence-electron chi connectivity index (χ1n) is 8.75. The van der Waals surface area contributed by atoms with Crippen molar-refractivity contribution in [3.8, 4) is 0 Å². The highest BCUT2D eigenvalue weighted by molar-refractivity contribution is 5.90. The second kappa shape index (κ2) is 9.66. The molecule has 1 atom stereocenters. The van der Waals surface area contributed by atoms with Crippen molar-refractivity contribution in [2.45, 2.75) is 26.2 Å². The molecule has 3 N–H and O–H groups in total. The van der Waals surface area contributed by atoms with Gasteiger partial charge in [0.25, 0.3) is 0 Å². The van der Waals surface area contributed by atoms with Crippen molar-refractivity contribution >= 4 is 23.5 Å². The van der Waals surface area contributed by atoms with Gasteiger partial charge in [-0.25, -0.2) is 4.79 Å². The summed E-state index contributed by atoms with van der Waals surface area (Å²) in [5.74, 6) is -0.650. The van der Waals surface area contributed by atoms with Gasteiger partial charge in [-0.1, -0.05) is 25.1 Å². The van der Waals surface area contributed by atoms with Gasteiger partial charge in [-0.3, -0.25) is 9.59 Å². The number of amides is 4.